The molecule has 2 aliphatic rings. The molecule has 1 amide bonds. The third kappa shape index (κ3) is 2.91. The maximum absolute atomic E-state index is 12.9. The van der Waals surface area contributed by atoms with Gasteiger partial charge in [0.15, 0.2) is 0 Å². The first-order valence-corrected chi connectivity index (χ1v) is 9.84. The average Bonchev–Trinajstić information content (AvgIpc) is 3.33. The molecular weight excluding hydrogens is 378 g/mol. The van der Waals surface area contributed by atoms with Crippen LogP contribution in [0.25, 0.3) is 5.69 Å². The second-order valence-corrected chi connectivity index (χ2v) is 7.55. The minimum atomic E-state index is -0.270. The van der Waals surface area contributed by atoms with E-state index in [-0.39, 0.29) is 11.9 Å². The number of carbonyl (C=O) groups excluding carboxylic acids is 1. The minimum Gasteiger partial charge on any atom is -0.373 e. The molecule has 5 rings (SSSR count). The highest BCUT2D eigenvalue weighted by Gasteiger charge is 2.29. The Hall–Kier alpha value is -2.64. The number of rotatable bonds is 3. The van der Waals surface area contributed by atoms with Gasteiger partial charge in [-0.3, -0.25) is 4.79 Å². The van der Waals surface area contributed by atoms with E-state index in [9.17, 15) is 4.79 Å². The predicted molar refractivity (Wildman–Crippen MR) is 104 cm³/mol. The number of benzene rings is 1. The van der Waals surface area contributed by atoms with Gasteiger partial charge in [0.25, 0.3) is 5.91 Å². The summed E-state index contributed by atoms with van der Waals surface area (Å²) in [6, 6.07) is 7.27. The maximum Gasteiger partial charge on any atom is 0.272 e. The number of aryl methyl sites for hydroxylation is 1. The van der Waals surface area contributed by atoms with Gasteiger partial charge in [-0.15, -0.1) is 0 Å². The lowest BCUT2D eigenvalue weighted by molar-refractivity contribution is 0.0684. The van der Waals surface area contributed by atoms with E-state index in [1.807, 2.05) is 24.3 Å². The number of para-hydroxylation sites is 1. The minimum absolute atomic E-state index is 0.164. The van der Waals surface area contributed by atoms with Gasteiger partial charge >= 0.3 is 0 Å². The van der Waals surface area contributed by atoms with Crippen LogP contribution in [0.1, 0.15) is 46.3 Å². The van der Waals surface area contributed by atoms with Gasteiger partial charge < -0.3 is 14.6 Å². The van der Waals surface area contributed by atoms with E-state index < -0.39 is 0 Å². The number of carbonyl (C=O) groups is 1. The topological polar surface area (TPSA) is 74.0 Å². The van der Waals surface area contributed by atoms with Gasteiger partial charge in [0.1, 0.15) is 5.69 Å². The number of hydrogen-bond acceptors (Lipinski definition) is 4. The highest BCUT2D eigenvalue weighted by molar-refractivity contribution is 6.32. The first-order chi connectivity index (χ1) is 13.7. The molecule has 0 bridgehead atoms. The Morgan fingerprint density at radius 2 is 2.14 bits per heavy atom. The summed E-state index contributed by atoms with van der Waals surface area (Å²) >= 11 is 6.33. The zero-order chi connectivity index (χ0) is 19.1. The Labute approximate surface area is 167 Å². The summed E-state index contributed by atoms with van der Waals surface area (Å²) in [7, 11) is 0. The van der Waals surface area contributed by atoms with Crippen LogP contribution in [0.15, 0.2) is 36.8 Å². The summed E-state index contributed by atoms with van der Waals surface area (Å²) in [5.74, 6) is -0.164. The Morgan fingerprint density at radius 1 is 1.25 bits per heavy atom. The number of hydrogen-bond donors (Lipinski definition) is 1. The van der Waals surface area contributed by atoms with E-state index in [0.717, 1.165) is 48.4 Å². The van der Waals surface area contributed by atoms with Gasteiger partial charge in [-0.1, -0.05) is 23.7 Å². The molecule has 0 spiro atoms. The third-order valence-electron chi connectivity index (χ3n) is 5.41. The fourth-order valence-corrected chi connectivity index (χ4v) is 4.20. The predicted octanol–water partition coefficient (Wildman–Crippen LogP) is 3.06. The van der Waals surface area contributed by atoms with E-state index >= 15 is 0 Å². The van der Waals surface area contributed by atoms with Crippen LogP contribution in [0.5, 0.6) is 0 Å². The monoisotopic (exact) mass is 397 g/mol. The van der Waals surface area contributed by atoms with Gasteiger partial charge in [-0.25, -0.2) is 9.67 Å². The second-order valence-electron chi connectivity index (χ2n) is 7.14. The molecule has 7 nitrogen and oxygen atoms in total. The molecule has 0 aliphatic carbocycles. The zero-order valence-electron chi connectivity index (χ0n) is 15.3. The van der Waals surface area contributed by atoms with Gasteiger partial charge in [0.2, 0.25) is 0 Å². The fourth-order valence-electron chi connectivity index (χ4n) is 3.99. The standard InChI is InChI=1S/C20H20ClN5O2/c21-14-5-1-2-6-16(14)26-18-11-28-10-15(13(18)9-23-26)24-20(27)19-17-7-3-4-8-25(17)12-22-19/h1-2,5-6,9,12,15H,3-4,7-8,10-11H2,(H,24,27)/t15-/m0/s1. The van der Waals surface area contributed by atoms with Crippen LogP contribution in [0, 0.1) is 0 Å². The zero-order valence-corrected chi connectivity index (χ0v) is 16.0. The Morgan fingerprint density at radius 3 is 3.04 bits per heavy atom. The Balaban J connectivity index is 1.42. The van der Waals surface area contributed by atoms with Crippen LogP contribution in [0.4, 0.5) is 0 Å². The molecule has 0 radical (unpaired) electrons. The van der Waals surface area contributed by atoms with Gasteiger partial charge in [0, 0.05) is 12.1 Å². The Kier molecular flexibility index (Phi) is 4.41. The molecule has 0 saturated heterocycles. The third-order valence-corrected chi connectivity index (χ3v) is 5.73. The van der Waals surface area contributed by atoms with Crippen LogP contribution in [-0.4, -0.2) is 31.8 Å². The fraction of sp³-hybridized carbons (Fsp3) is 0.350. The lowest BCUT2D eigenvalue weighted by Gasteiger charge is -2.24. The molecule has 144 valence electrons. The summed E-state index contributed by atoms with van der Waals surface area (Å²) in [5, 5.41) is 8.20. The first-order valence-electron chi connectivity index (χ1n) is 9.46. The molecule has 0 saturated carbocycles. The maximum atomic E-state index is 12.9. The molecule has 8 heteroatoms. The van der Waals surface area contributed by atoms with E-state index in [2.05, 4.69) is 20.0 Å². The van der Waals surface area contributed by atoms with Crippen molar-refractivity contribution in [3.8, 4) is 5.69 Å². The Bertz CT molecular complexity index is 1040. The summed E-state index contributed by atoms with van der Waals surface area (Å²) in [6.45, 7) is 1.76. The van der Waals surface area contributed by atoms with Gasteiger partial charge in [-0.2, -0.15) is 5.10 Å². The second kappa shape index (κ2) is 7.07. The quantitative estimate of drug-likeness (QED) is 0.737. The van der Waals surface area contributed by atoms with Crippen molar-refractivity contribution in [1.82, 2.24) is 24.6 Å². The van der Waals surface area contributed by atoms with E-state index in [1.54, 1.807) is 17.2 Å². The van der Waals surface area contributed by atoms with Crippen molar-refractivity contribution in [3.05, 3.63) is 64.5 Å². The number of ether oxygens (including phenoxy) is 1. The highest BCUT2D eigenvalue weighted by Crippen LogP contribution is 2.29. The summed E-state index contributed by atoms with van der Waals surface area (Å²) in [6.07, 6.45) is 6.66. The summed E-state index contributed by atoms with van der Waals surface area (Å²) in [4.78, 5) is 17.3. The highest BCUT2D eigenvalue weighted by atomic mass is 35.5. The van der Waals surface area contributed by atoms with Crippen molar-refractivity contribution in [2.24, 2.45) is 0 Å². The van der Waals surface area contributed by atoms with Crippen molar-refractivity contribution in [3.63, 3.8) is 0 Å². The van der Waals surface area contributed by atoms with Crippen molar-refractivity contribution in [2.45, 2.75) is 38.5 Å². The molecule has 28 heavy (non-hydrogen) atoms. The van der Waals surface area contributed by atoms with Crippen LogP contribution < -0.4 is 5.32 Å². The van der Waals surface area contributed by atoms with E-state index in [4.69, 9.17) is 16.3 Å². The van der Waals surface area contributed by atoms with Crippen molar-refractivity contribution < 1.29 is 9.53 Å². The number of amides is 1. The summed E-state index contributed by atoms with van der Waals surface area (Å²) in [5.41, 5.74) is 4.19. The molecule has 2 aliphatic heterocycles. The van der Waals surface area contributed by atoms with Crippen molar-refractivity contribution in [1.29, 1.82) is 0 Å². The summed E-state index contributed by atoms with van der Waals surface area (Å²) < 4.78 is 9.62. The number of aromatic nitrogens is 4. The van der Waals surface area contributed by atoms with Gasteiger partial charge in [0.05, 0.1) is 53.9 Å². The van der Waals surface area contributed by atoms with Gasteiger partial charge in [-0.05, 0) is 31.4 Å². The van der Waals surface area contributed by atoms with E-state index in [0.29, 0.717) is 23.9 Å². The molecule has 0 fully saturated rings. The molecular formula is C20H20ClN5O2. The lowest BCUT2D eigenvalue weighted by atomic mass is 10.0. The molecule has 1 aromatic carbocycles. The molecule has 0 unspecified atom stereocenters. The molecule has 1 N–H and O–H groups in total. The average molecular weight is 398 g/mol. The molecule has 4 heterocycles. The van der Waals surface area contributed by atoms with Crippen molar-refractivity contribution >= 4 is 17.5 Å². The normalized spacial score (nSPS) is 18.4. The first kappa shape index (κ1) is 17.5. The lowest BCUT2D eigenvalue weighted by Crippen LogP contribution is -2.35. The smallest absolute Gasteiger partial charge is 0.272 e. The molecule has 3 aromatic rings. The van der Waals surface area contributed by atoms with Crippen LogP contribution >= 0.6 is 11.6 Å². The largest absolute Gasteiger partial charge is 0.373 e. The van der Waals surface area contributed by atoms with Crippen LogP contribution in [0.3, 0.4) is 0 Å². The van der Waals surface area contributed by atoms with Crippen molar-refractivity contribution in [2.75, 3.05) is 6.61 Å². The number of halogens is 1. The number of fused-ring (bicyclic) bond motifs is 2. The van der Waals surface area contributed by atoms with Crippen LogP contribution in [0.2, 0.25) is 5.02 Å². The number of nitrogens with one attached hydrogen (secondary N) is 1. The SMILES string of the molecule is O=C(N[C@H]1COCc2c1cnn2-c1ccccc1Cl)c1ncn2c1CCCC2. The number of imidazole rings is 1. The van der Waals surface area contributed by atoms with E-state index in [1.165, 1.54) is 0 Å². The molecule has 2 aromatic heterocycles. The van der Waals surface area contributed by atoms with Crippen LogP contribution in [-0.2, 0) is 24.3 Å². The number of nitrogens with zero attached hydrogens (tertiary/aromatic N) is 4. The molecule has 1 atom stereocenters.